The van der Waals surface area contributed by atoms with Crippen molar-refractivity contribution in [1.29, 1.82) is 0 Å². The summed E-state index contributed by atoms with van der Waals surface area (Å²) in [7, 11) is 1.64. The van der Waals surface area contributed by atoms with Crippen LogP contribution in [-0.4, -0.2) is 36.0 Å². The number of ether oxygens (including phenoxy) is 1. The zero-order chi connectivity index (χ0) is 16.1. The lowest BCUT2D eigenvalue weighted by Gasteiger charge is -2.21. The van der Waals surface area contributed by atoms with Gasteiger partial charge in [-0.25, -0.2) is 9.97 Å². The predicted molar refractivity (Wildman–Crippen MR) is 88.3 cm³/mol. The first-order valence-electron chi connectivity index (χ1n) is 7.95. The molecule has 0 saturated carbocycles. The van der Waals surface area contributed by atoms with Crippen LogP contribution in [0.3, 0.4) is 0 Å². The third kappa shape index (κ3) is 3.74. The average Bonchev–Trinajstić information content (AvgIpc) is 2.62. The van der Waals surface area contributed by atoms with Crippen LogP contribution in [0.25, 0.3) is 11.3 Å². The van der Waals surface area contributed by atoms with Gasteiger partial charge in [-0.1, -0.05) is 12.1 Å². The molecule has 0 aliphatic carbocycles. The van der Waals surface area contributed by atoms with Crippen molar-refractivity contribution in [3.05, 3.63) is 42.4 Å². The van der Waals surface area contributed by atoms with E-state index in [1.165, 1.54) is 6.33 Å². The van der Waals surface area contributed by atoms with E-state index in [1.807, 2.05) is 30.3 Å². The van der Waals surface area contributed by atoms with Gasteiger partial charge in [0.1, 0.15) is 17.9 Å². The SMILES string of the molecule is COc1ccccc1-c1cc(CC(=O)[C@H]2CCCNC2)ncn1. The van der Waals surface area contributed by atoms with Gasteiger partial charge in [-0.15, -0.1) is 0 Å². The molecule has 1 aliphatic rings. The normalized spacial score (nSPS) is 17.7. The number of aromatic nitrogens is 2. The van der Waals surface area contributed by atoms with Gasteiger partial charge in [0, 0.05) is 24.4 Å². The molecular formula is C18H21N3O2. The van der Waals surface area contributed by atoms with E-state index >= 15 is 0 Å². The van der Waals surface area contributed by atoms with Crippen molar-refractivity contribution >= 4 is 5.78 Å². The lowest BCUT2D eigenvalue weighted by atomic mass is 9.92. The molecule has 1 aromatic heterocycles. The number of carbonyl (C=O) groups excluding carboxylic acids is 1. The van der Waals surface area contributed by atoms with Crippen LogP contribution in [0.5, 0.6) is 5.75 Å². The first-order chi connectivity index (χ1) is 11.3. The largest absolute Gasteiger partial charge is 0.496 e. The van der Waals surface area contributed by atoms with Crippen LogP contribution in [0, 0.1) is 5.92 Å². The lowest BCUT2D eigenvalue weighted by molar-refractivity contribution is -0.122. The number of Topliss-reactive ketones (excluding diaryl/α,β-unsaturated/α-hetero) is 1. The molecule has 1 aromatic carbocycles. The summed E-state index contributed by atoms with van der Waals surface area (Å²) in [5.74, 6) is 1.12. The van der Waals surface area contributed by atoms with Crippen LogP contribution in [0.1, 0.15) is 18.5 Å². The number of benzene rings is 1. The topological polar surface area (TPSA) is 64.1 Å². The number of carbonyl (C=O) groups is 1. The van der Waals surface area contributed by atoms with E-state index in [9.17, 15) is 4.79 Å². The Morgan fingerprint density at radius 3 is 3.00 bits per heavy atom. The minimum Gasteiger partial charge on any atom is -0.496 e. The maximum atomic E-state index is 12.4. The Labute approximate surface area is 136 Å². The van der Waals surface area contributed by atoms with Crippen molar-refractivity contribution in [3.63, 3.8) is 0 Å². The second-order valence-corrected chi connectivity index (χ2v) is 5.78. The Morgan fingerprint density at radius 1 is 1.35 bits per heavy atom. The van der Waals surface area contributed by atoms with E-state index in [0.29, 0.717) is 6.42 Å². The van der Waals surface area contributed by atoms with Gasteiger partial charge in [0.05, 0.1) is 18.5 Å². The molecule has 23 heavy (non-hydrogen) atoms. The molecule has 1 saturated heterocycles. The number of nitrogens with zero attached hydrogens (tertiary/aromatic N) is 2. The molecule has 1 aliphatic heterocycles. The molecule has 1 atom stereocenters. The molecule has 2 heterocycles. The summed E-state index contributed by atoms with van der Waals surface area (Å²) in [4.78, 5) is 21.0. The lowest BCUT2D eigenvalue weighted by Crippen LogP contribution is -2.35. The third-order valence-corrected chi connectivity index (χ3v) is 4.21. The zero-order valence-electron chi connectivity index (χ0n) is 13.3. The molecule has 120 valence electrons. The molecule has 1 fully saturated rings. The van der Waals surface area contributed by atoms with Crippen molar-refractivity contribution in [2.24, 2.45) is 5.92 Å². The fourth-order valence-electron chi connectivity index (χ4n) is 2.95. The fourth-order valence-corrected chi connectivity index (χ4v) is 2.95. The highest BCUT2D eigenvalue weighted by molar-refractivity contribution is 5.83. The number of methoxy groups -OCH3 is 1. The van der Waals surface area contributed by atoms with Crippen LogP contribution in [-0.2, 0) is 11.2 Å². The van der Waals surface area contributed by atoms with E-state index in [0.717, 1.165) is 48.6 Å². The summed E-state index contributed by atoms with van der Waals surface area (Å²) in [5, 5.41) is 3.28. The monoisotopic (exact) mass is 311 g/mol. The highest BCUT2D eigenvalue weighted by Crippen LogP contribution is 2.28. The van der Waals surface area contributed by atoms with Gasteiger partial charge in [0.15, 0.2) is 0 Å². The second kappa shape index (κ2) is 7.33. The standard InChI is InChI=1S/C18H21N3O2/c1-23-18-7-3-2-6-15(18)16-9-14(20-12-21-16)10-17(22)13-5-4-8-19-11-13/h2-3,6-7,9,12-13,19H,4-5,8,10-11H2,1H3/t13-/m0/s1. The summed E-state index contributed by atoms with van der Waals surface area (Å²) < 4.78 is 5.38. The number of hydrogen-bond acceptors (Lipinski definition) is 5. The predicted octanol–water partition coefficient (Wildman–Crippen LogP) is 2.26. The third-order valence-electron chi connectivity index (χ3n) is 4.21. The van der Waals surface area contributed by atoms with Gasteiger partial charge in [0.2, 0.25) is 0 Å². The fraction of sp³-hybridized carbons (Fsp3) is 0.389. The van der Waals surface area contributed by atoms with Crippen LogP contribution >= 0.6 is 0 Å². The molecule has 0 unspecified atom stereocenters. The summed E-state index contributed by atoms with van der Waals surface area (Å²) >= 11 is 0. The zero-order valence-corrected chi connectivity index (χ0v) is 13.3. The van der Waals surface area contributed by atoms with Gasteiger partial charge < -0.3 is 10.1 Å². The molecule has 1 N–H and O–H groups in total. The highest BCUT2D eigenvalue weighted by Gasteiger charge is 2.21. The van der Waals surface area contributed by atoms with Crippen molar-refractivity contribution in [3.8, 4) is 17.0 Å². The average molecular weight is 311 g/mol. The molecule has 5 heteroatoms. The van der Waals surface area contributed by atoms with Crippen LogP contribution < -0.4 is 10.1 Å². The smallest absolute Gasteiger partial charge is 0.143 e. The Balaban J connectivity index is 1.78. The number of ketones is 1. The van der Waals surface area contributed by atoms with E-state index < -0.39 is 0 Å². The molecular weight excluding hydrogens is 290 g/mol. The minimum absolute atomic E-state index is 0.105. The maximum absolute atomic E-state index is 12.4. The number of hydrogen-bond donors (Lipinski definition) is 1. The van der Waals surface area contributed by atoms with Crippen molar-refractivity contribution in [2.75, 3.05) is 20.2 Å². The van der Waals surface area contributed by atoms with Crippen molar-refractivity contribution < 1.29 is 9.53 Å². The van der Waals surface area contributed by atoms with Gasteiger partial charge in [-0.2, -0.15) is 0 Å². The van der Waals surface area contributed by atoms with Gasteiger partial charge in [-0.3, -0.25) is 4.79 Å². The van der Waals surface area contributed by atoms with Gasteiger partial charge >= 0.3 is 0 Å². The molecule has 0 radical (unpaired) electrons. The highest BCUT2D eigenvalue weighted by atomic mass is 16.5. The summed E-state index contributed by atoms with van der Waals surface area (Å²) in [6.45, 7) is 1.79. The number of rotatable bonds is 5. The summed E-state index contributed by atoms with van der Waals surface area (Å²) in [5.41, 5.74) is 2.45. The quantitative estimate of drug-likeness (QED) is 0.917. The maximum Gasteiger partial charge on any atom is 0.143 e. The summed E-state index contributed by atoms with van der Waals surface area (Å²) in [6, 6.07) is 9.60. The van der Waals surface area contributed by atoms with Crippen molar-refractivity contribution in [2.45, 2.75) is 19.3 Å². The minimum atomic E-state index is 0.105. The Morgan fingerprint density at radius 2 is 2.22 bits per heavy atom. The summed E-state index contributed by atoms with van der Waals surface area (Å²) in [6.07, 6.45) is 3.91. The second-order valence-electron chi connectivity index (χ2n) is 5.78. The van der Waals surface area contributed by atoms with E-state index in [-0.39, 0.29) is 11.7 Å². The molecule has 0 amide bonds. The molecule has 0 bridgehead atoms. The molecule has 5 nitrogen and oxygen atoms in total. The number of para-hydroxylation sites is 1. The van der Waals surface area contributed by atoms with E-state index in [2.05, 4.69) is 15.3 Å². The molecule has 0 spiro atoms. The first-order valence-corrected chi connectivity index (χ1v) is 7.95. The Hall–Kier alpha value is -2.27. The molecule has 3 rings (SSSR count). The molecule has 2 aromatic rings. The number of nitrogens with one attached hydrogen (secondary N) is 1. The van der Waals surface area contributed by atoms with Gasteiger partial charge in [-0.05, 0) is 37.6 Å². The van der Waals surface area contributed by atoms with Crippen molar-refractivity contribution in [1.82, 2.24) is 15.3 Å². The van der Waals surface area contributed by atoms with Crippen LogP contribution in [0.2, 0.25) is 0 Å². The van der Waals surface area contributed by atoms with Gasteiger partial charge in [0.25, 0.3) is 0 Å². The van der Waals surface area contributed by atoms with E-state index in [1.54, 1.807) is 7.11 Å². The first kappa shape index (κ1) is 15.6. The number of piperidine rings is 1. The van der Waals surface area contributed by atoms with Crippen LogP contribution in [0.4, 0.5) is 0 Å². The Kier molecular flexibility index (Phi) is 4.98. The van der Waals surface area contributed by atoms with Crippen LogP contribution in [0.15, 0.2) is 36.7 Å². The Bertz CT molecular complexity index is 681. The van der Waals surface area contributed by atoms with E-state index in [4.69, 9.17) is 4.74 Å².